The summed E-state index contributed by atoms with van der Waals surface area (Å²) in [4.78, 5) is 28.7. The first-order chi connectivity index (χ1) is 15.3. The van der Waals surface area contributed by atoms with Crippen molar-refractivity contribution in [3.8, 4) is 17.2 Å². The van der Waals surface area contributed by atoms with Crippen LogP contribution in [-0.4, -0.2) is 33.0 Å². The molecule has 1 amide bonds. The zero-order valence-corrected chi connectivity index (χ0v) is 19.2. The Morgan fingerprint density at radius 3 is 2.00 bits per heavy atom. The molecule has 1 unspecified atom stereocenters. The number of methoxy groups -OCH3 is 3. The normalized spacial score (nSPS) is 20.2. The van der Waals surface area contributed by atoms with Gasteiger partial charge in [0.15, 0.2) is 5.78 Å². The monoisotopic (exact) mass is 435 g/mol. The van der Waals surface area contributed by atoms with E-state index in [0.717, 1.165) is 22.6 Å². The zero-order valence-electron chi connectivity index (χ0n) is 19.2. The van der Waals surface area contributed by atoms with E-state index in [1.54, 1.807) is 32.3 Å². The summed E-state index contributed by atoms with van der Waals surface area (Å²) in [6, 6.07) is 13.0. The number of carbonyl (C=O) groups is 2. The summed E-state index contributed by atoms with van der Waals surface area (Å²) in [7, 11) is 4.77. The SMILES string of the molecule is COc1ccc(C2CC(=O)N(c3cc(OC)cc(OC)c3)C3=C2C(=O)CC(C)(C)C3)cc1. The maximum atomic E-state index is 13.5. The Hall–Kier alpha value is -3.28. The Balaban J connectivity index is 1.88. The van der Waals surface area contributed by atoms with E-state index < -0.39 is 0 Å². The first-order valence-electron chi connectivity index (χ1n) is 10.7. The largest absolute Gasteiger partial charge is 0.497 e. The first kappa shape index (κ1) is 21.9. The molecule has 168 valence electrons. The Bertz CT molecular complexity index is 1060. The van der Waals surface area contributed by atoms with E-state index >= 15 is 0 Å². The number of Topliss-reactive ketones (excluding diaryl/α,β-unsaturated/α-hetero) is 1. The van der Waals surface area contributed by atoms with Crippen LogP contribution in [0.15, 0.2) is 53.7 Å². The summed E-state index contributed by atoms with van der Waals surface area (Å²) in [5, 5.41) is 0. The van der Waals surface area contributed by atoms with Crippen molar-refractivity contribution in [3.05, 3.63) is 59.3 Å². The molecule has 4 rings (SSSR count). The average molecular weight is 436 g/mol. The second-order valence-corrected chi connectivity index (χ2v) is 9.13. The smallest absolute Gasteiger partial charge is 0.232 e. The quantitative estimate of drug-likeness (QED) is 0.670. The molecule has 0 saturated heterocycles. The molecule has 0 bridgehead atoms. The number of ketones is 1. The maximum absolute atomic E-state index is 13.5. The highest BCUT2D eigenvalue weighted by atomic mass is 16.5. The fraction of sp³-hybridized carbons (Fsp3) is 0.385. The number of allylic oxidation sites excluding steroid dienone is 2. The van der Waals surface area contributed by atoms with Crippen LogP contribution < -0.4 is 19.1 Å². The van der Waals surface area contributed by atoms with Gasteiger partial charge in [-0.15, -0.1) is 0 Å². The maximum Gasteiger partial charge on any atom is 0.232 e. The molecule has 0 fully saturated rings. The van der Waals surface area contributed by atoms with Crippen LogP contribution in [0.3, 0.4) is 0 Å². The number of amides is 1. The molecule has 0 N–H and O–H groups in total. The predicted molar refractivity (Wildman–Crippen MR) is 122 cm³/mol. The number of benzene rings is 2. The lowest BCUT2D eigenvalue weighted by Crippen LogP contribution is -2.43. The molecule has 0 aromatic heterocycles. The molecule has 0 saturated carbocycles. The van der Waals surface area contributed by atoms with Crippen LogP contribution >= 0.6 is 0 Å². The molecule has 6 heteroatoms. The lowest BCUT2D eigenvalue weighted by Gasteiger charge is -2.43. The van der Waals surface area contributed by atoms with Gasteiger partial charge in [0.2, 0.25) is 5.91 Å². The molecule has 1 atom stereocenters. The van der Waals surface area contributed by atoms with Gasteiger partial charge >= 0.3 is 0 Å². The second kappa shape index (κ2) is 8.34. The Labute approximate surface area is 188 Å². The molecular weight excluding hydrogens is 406 g/mol. The molecule has 6 nitrogen and oxygen atoms in total. The van der Waals surface area contributed by atoms with E-state index in [0.29, 0.717) is 30.0 Å². The van der Waals surface area contributed by atoms with E-state index in [9.17, 15) is 9.59 Å². The minimum Gasteiger partial charge on any atom is -0.497 e. The van der Waals surface area contributed by atoms with Gasteiger partial charge in [-0.3, -0.25) is 14.5 Å². The van der Waals surface area contributed by atoms with Crippen LogP contribution in [-0.2, 0) is 9.59 Å². The summed E-state index contributed by atoms with van der Waals surface area (Å²) in [5.41, 5.74) is 2.87. The molecule has 32 heavy (non-hydrogen) atoms. The van der Waals surface area contributed by atoms with Crippen molar-refractivity contribution in [2.45, 2.75) is 39.0 Å². The van der Waals surface area contributed by atoms with Crippen LogP contribution in [0.5, 0.6) is 17.2 Å². The fourth-order valence-corrected chi connectivity index (χ4v) is 4.76. The molecule has 1 aliphatic carbocycles. The standard InChI is InChI=1S/C26H29NO5/c1-26(2)14-22-25(23(28)15-26)21(16-6-8-18(30-3)9-7-16)13-24(29)27(22)17-10-19(31-4)12-20(11-17)32-5/h6-12,21H,13-15H2,1-5H3. The van der Waals surface area contributed by atoms with Crippen molar-refractivity contribution in [2.75, 3.05) is 26.2 Å². The third kappa shape index (κ3) is 3.97. The van der Waals surface area contributed by atoms with E-state index in [1.807, 2.05) is 36.4 Å². The number of hydrogen-bond acceptors (Lipinski definition) is 5. The highest BCUT2D eigenvalue weighted by molar-refractivity contribution is 6.08. The lowest BCUT2D eigenvalue weighted by molar-refractivity contribution is -0.121. The molecule has 2 aromatic carbocycles. The predicted octanol–water partition coefficient (Wildman–Crippen LogP) is 4.88. The summed E-state index contributed by atoms with van der Waals surface area (Å²) in [6.45, 7) is 4.14. The third-order valence-electron chi connectivity index (χ3n) is 6.26. The van der Waals surface area contributed by atoms with Crippen molar-refractivity contribution in [2.24, 2.45) is 5.41 Å². The van der Waals surface area contributed by atoms with Gasteiger partial charge < -0.3 is 14.2 Å². The van der Waals surface area contributed by atoms with E-state index in [4.69, 9.17) is 14.2 Å². The molecule has 1 heterocycles. The van der Waals surface area contributed by atoms with Gasteiger partial charge in [0.25, 0.3) is 0 Å². The highest BCUT2D eigenvalue weighted by Gasteiger charge is 2.44. The van der Waals surface area contributed by atoms with Crippen LogP contribution in [0.4, 0.5) is 5.69 Å². The minimum atomic E-state index is -0.268. The Morgan fingerprint density at radius 1 is 0.844 bits per heavy atom. The van der Waals surface area contributed by atoms with Crippen molar-refractivity contribution in [1.82, 2.24) is 0 Å². The number of rotatable bonds is 5. The fourth-order valence-electron chi connectivity index (χ4n) is 4.76. The lowest BCUT2D eigenvalue weighted by atomic mass is 9.69. The number of anilines is 1. The van der Waals surface area contributed by atoms with Crippen LogP contribution in [0.1, 0.15) is 44.6 Å². The summed E-state index contributed by atoms with van der Waals surface area (Å²) in [6.07, 6.45) is 1.31. The Kier molecular flexibility index (Phi) is 5.71. The Morgan fingerprint density at radius 2 is 1.44 bits per heavy atom. The van der Waals surface area contributed by atoms with E-state index in [1.165, 1.54) is 0 Å². The summed E-state index contributed by atoms with van der Waals surface area (Å²) >= 11 is 0. The van der Waals surface area contributed by atoms with Gasteiger partial charge in [-0.05, 0) is 29.5 Å². The molecule has 0 radical (unpaired) electrons. The van der Waals surface area contributed by atoms with Gasteiger partial charge in [0.1, 0.15) is 17.2 Å². The molecule has 0 spiro atoms. The number of ether oxygens (including phenoxy) is 3. The third-order valence-corrected chi connectivity index (χ3v) is 6.26. The molecular formula is C26H29NO5. The van der Waals surface area contributed by atoms with Gasteiger partial charge in [-0.2, -0.15) is 0 Å². The molecule has 2 aliphatic rings. The van der Waals surface area contributed by atoms with Gasteiger partial charge in [0, 0.05) is 48.2 Å². The number of nitrogens with zero attached hydrogens (tertiary/aromatic N) is 1. The van der Waals surface area contributed by atoms with Crippen LogP contribution in [0.2, 0.25) is 0 Å². The van der Waals surface area contributed by atoms with Crippen molar-refractivity contribution in [1.29, 1.82) is 0 Å². The first-order valence-corrected chi connectivity index (χ1v) is 10.7. The van der Waals surface area contributed by atoms with Crippen molar-refractivity contribution >= 4 is 17.4 Å². The van der Waals surface area contributed by atoms with Crippen LogP contribution in [0, 0.1) is 5.41 Å². The number of hydrogen-bond donors (Lipinski definition) is 0. The summed E-state index contributed by atoms with van der Waals surface area (Å²) < 4.78 is 16.1. The van der Waals surface area contributed by atoms with Gasteiger partial charge in [-0.1, -0.05) is 26.0 Å². The van der Waals surface area contributed by atoms with Gasteiger partial charge in [0.05, 0.1) is 27.0 Å². The van der Waals surface area contributed by atoms with E-state index in [-0.39, 0.29) is 29.4 Å². The number of carbonyl (C=O) groups excluding carboxylic acids is 2. The zero-order chi connectivity index (χ0) is 23.0. The highest BCUT2D eigenvalue weighted by Crippen LogP contribution is 2.48. The average Bonchev–Trinajstić information content (AvgIpc) is 2.77. The topological polar surface area (TPSA) is 65.1 Å². The van der Waals surface area contributed by atoms with Crippen molar-refractivity contribution in [3.63, 3.8) is 0 Å². The molecule has 2 aromatic rings. The molecule has 1 aliphatic heterocycles. The second-order valence-electron chi connectivity index (χ2n) is 9.13. The van der Waals surface area contributed by atoms with Gasteiger partial charge in [-0.25, -0.2) is 0 Å². The summed E-state index contributed by atoms with van der Waals surface area (Å²) in [5.74, 6) is 1.71. The minimum absolute atomic E-state index is 0.0506. The van der Waals surface area contributed by atoms with Crippen LogP contribution in [0.25, 0.3) is 0 Å². The van der Waals surface area contributed by atoms with Crippen molar-refractivity contribution < 1.29 is 23.8 Å². The van der Waals surface area contributed by atoms with E-state index in [2.05, 4.69) is 13.8 Å².